The summed E-state index contributed by atoms with van der Waals surface area (Å²) in [6.45, 7) is 3.05. The topological polar surface area (TPSA) is 48.9 Å². The number of methoxy groups -OCH3 is 1. The van der Waals surface area contributed by atoms with E-state index in [9.17, 15) is 13.2 Å². The van der Waals surface area contributed by atoms with Crippen LogP contribution in [-0.2, 0) is 6.42 Å². The zero-order valence-electron chi connectivity index (χ0n) is 16.0. The molecule has 0 bridgehead atoms. The first kappa shape index (κ1) is 25.1. The highest BCUT2D eigenvalue weighted by molar-refractivity contribution is 14.0. The van der Waals surface area contributed by atoms with Crippen LogP contribution in [0.25, 0.3) is 0 Å². The van der Waals surface area contributed by atoms with Crippen molar-refractivity contribution in [3.05, 3.63) is 28.8 Å². The van der Waals surface area contributed by atoms with E-state index in [4.69, 9.17) is 16.3 Å². The number of hydrogen-bond acceptors (Lipinski definition) is 3. The molecule has 28 heavy (non-hydrogen) atoms. The van der Waals surface area contributed by atoms with Gasteiger partial charge in [-0.2, -0.15) is 13.2 Å². The molecule has 0 saturated carbocycles. The van der Waals surface area contributed by atoms with Gasteiger partial charge in [-0.15, -0.1) is 24.0 Å². The average molecular weight is 535 g/mol. The predicted molar refractivity (Wildman–Crippen MR) is 117 cm³/mol. The third-order valence-electron chi connectivity index (χ3n) is 4.27. The van der Waals surface area contributed by atoms with Gasteiger partial charge in [-0.05, 0) is 37.5 Å². The molecule has 0 aliphatic carbocycles. The molecule has 1 unspecified atom stereocenters. The lowest BCUT2D eigenvalue weighted by Crippen LogP contribution is -2.45. The third kappa shape index (κ3) is 8.60. The van der Waals surface area contributed by atoms with Crippen LogP contribution in [-0.4, -0.2) is 62.9 Å². The maximum absolute atomic E-state index is 12.5. The van der Waals surface area contributed by atoms with E-state index in [1.165, 1.54) is 4.90 Å². The van der Waals surface area contributed by atoms with Crippen LogP contribution >= 0.6 is 35.6 Å². The van der Waals surface area contributed by atoms with E-state index in [0.29, 0.717) is 55.8 Å². The monoisotopic (exact) mass is 534 g/mol. The Morgan fingerprint density at radius 3 is 2.75 bits per heavy atom. The van der Waals surface area contributed by atoms with Crippen molar-refractivity contribution in [1.29, 1.82) is 0 Å². The number of alkyl halides is 3. The van der Waals surface area contributed by atoms with Crippen LogP contribution in [0.15, 0.2) is 23.2 Å². The van der Waals surface area contributed by atoms with Crippen molar-refractivity contribution < 1.29 is 17.9 Å². The summed E-state index contributed by atoms with van der Waals surface area (Å²) in [5.41, 5.74) is 0.967. The molecule has 0 amide bonds. The summed E-state index contributed by atoms with van der Waals surface area (Å²) < 4.78 is 42.7. The molecule has 1 aromatic carbocycles. The maximum Gasteiger partial charge on any atom is 0.401 e. The van der Waals surface area contributed by atoms with E-state index in [0.717, 1.165) is 5.56 Å². The Kier molecular flexibility index (Phi) is 10.7. The van der Waals surface area contributed by atoms with Crippen molar-refractivity contribution in [2.75, 3.05) is 39.8 Å². The SMILES string of the molecule is CCNC(=NCCc1ccc(OC)cc1Cl)NC1CCN(CC(F)(F)F)C1.I. The number of nitrogens with zero attached hydrogens (tertiary/aromatic N) is 2. The first-order valence-corrected chi connectivity index (χ1v) is 9.35. The first-order chi connectivity index (χ1) is 12.8. The van der Waals surface area contributed by atoms with Crippen LogP contribution < -0.4 is 15.4 Å². The maximum atomic E-state index is 12.5. The zero-order valence-corrected chi connectivity index (χ0v) is 19.1. The summed E-state index contributed by atoms with van der Waals surface area (Å²) in [7, 11) is 1.59. The predicted octanol–water partition coefficient (Wildman–Crippen LogP) is 3.70. The van der Waals surface area contributed by atoms with Gasteiger partial charge in [-0.25, -0.2) is 0 Å². The smallest absolute Gasteiger partial charge is 0.401 e. The highest BCUT2D eigenvalue weighted by atomic mass is 127. The average Bonchev–Trinajstić information content (AvgIpc) is 3.01. The largest absolute Gasteiger partial charge is 0.497 e. The van der Waals surface area contributed by atoms with Gasteiger partial charge in [-0.3, -0.25) is 9.89 Å². The Labute approximate surface area is 186 Å². The van der Waals surface area contributed by atoms with Crippen LogP contribution in [0.4, 0.5) is 13.2 Å². The summed E-state index contributed by atoms with van der Waals surface area (Å²) >= 11 is 6.23. The second-order valence-corrected chi connectivity index (χ2v) is 6.86. The lowest BCUT2D eigenvalue weighted by Gasteiger charge is -2.19. The number of hydrogen-bond donors (Lipinski definition) is 2. The van der Waals surface area contributed by atoms with Crippen LogP contribution in [0, 0.1) is 0 Å². The van der Waals surface area contributed by atoms with Crippen LogP contribution in [0.2, 0.25) is 5.02 Å². The number of ether oxygens (including phenoxy) is 1. The number of guanidine groups is 1. The van der Waals surface area contributed by atoms with Gasteiger partial charge in [0, 0.05) is 37.2 Å². The van der Waals surface area contributed by atoms with Crippen molar-refractivity contribution in [1.82, 2.24) is 15.5 Å². The van der Waals surface area contributed by atoms with Gasteiger partial charge in [-0.1, -0.05) is 17.7 Å². The Balaban J connectivity index is 0.00000392. The highest BCUT2D eigenvalue weighted by Gasteiger charge is 2.34. The molecule has 1 aromatic rings. The van der Waals surface area contributed by atoms with E-state index in [-0.39, 0.29) is 30.0 Å². The van der Waals surface area contributed by atoms with Gasteiger partial charge >= 0.3 is 6.18 Å². The fraction of sp³-hybridized carbons (Fsp3) is 0.611. The Hall–Kier alpha value is -0.940. The Morgan fingerprint density at radius 2 is 2.14 bits per heavy atom. The molecule has 1 aliphatic rings. The molecule has 5 nitrogen and oxygen atoms in total. The van der Waals surface area contributed by atoms with Gasteiger partial charge in [0.15, 0.2) is 5.96 Å². The number of likely N-dealkylation sites (tertiary alicyclic amines) is 1. The van der Waals surface area contributed by atoms with Crippen LogP contribution in [0.1, 0.15) is 18.9 Å². The highest BCUT2D eigenvalue weighted by Crippen LogP contribution is 2.23. The summed E-state index contributed by atoms with van der Waals surface area (Å²) in [6, 6.07) is 5.47. The van der Waals surface area contributed by atoms with Crippen molar-refractivity contribution in [2.45, 2.75) is 32.0 Å². The molecule has 2 rings (SSSR count). The standard InChI is InChI=1S/C18H26ClF3N4O.HI/c1-3-23-17(25-14-7-9-26(11-14)12-18(20,21)22)24-8-6-13-4-5-15(27-2)10-16(13)19;/h4-5,10,14H,3,6-9,11-12H2,1-2H3,(H2,23,24,25);1H. The number of halogens is 5. The second-order valence-electron chi connectivity index (χ2n) is 6.45. The molecule has 1 atom stereocenters. The summed E-state index contributed by atoms with van der Waals surface area (Å²) in [6.07, 6.45) is -2.85. The molecule has 160 valence electrons. The fourth-order valence-electron chi connectivity index (χ4n) is 3.01. The number of benzene rings is 1. The van der Waals surface area contributed by atoms with Crippen LogP contribution in [0.3, 0.4) is 0 Å². The molecule has 0 radical (unpaired) electrons. The molecule has 0 spiro atoms. The van der Waals surface area contributed by atoms with Crippen molar-refractivity contribution >= 4 is 41.5 Å². The quantitative estimate of drug-likeness (QED) is 0.318. The van der Waals surface area contributed by atoms with E-state index < -0.39 is 12.7 Å². The van der Waals surface area contributed by atoms with Gasteiger partial charge < -0.3 is 15.4 Å². The molecule has 1 saturated heterocycles. The number of rotatable bonds is 7. The number of nitrogens with one attached hydrogen (secondary N) is 2. The molecular weight excluding hydrogens is 508 g/mol. The van der Waals surface area contributed by atoms with Crippen molar-refractivity contribution in [3.8, 4) is 5.75 Å². The molecule has 0 aromatic heterocycles. The third-order valence-corrected chi connectivity index (χ3v) is 4.62. The van der Waals surface area contributed by atoms with Gasteiger partial charge in [0.25, 0.3) is 0 Å². The van der Waals surface area contributed by atoms with Gasteiger partial charge in [0.05, 0.1) is 13.7 Å². The molecule has 1 heterocycles. The Bertz CT molecular complexity index is 646. The number of aliphatic imine (C=N–C) groups is 1. The summed E-state index contributed by atoms with van der Waals surface area (Å²) in [5, 5.41) is 6.99. The van der Waals surface area contributed by atoms with Gasteiger partial charge in [0.1, 0.15) is 5.75 Å². The van der Waals surface area contributed by atoms with Crippen molar-refractivity contribution in [2.24, 2.45) is 4.99 Å². The van der Waals surface area contributed by atoms with Crippen LogP contribution in [0.5, 0.6) is 5.75 Å². The van der Waals surface area contributed by atoms with E-state index in [1.807, 2.05) is 19.1 Å². The van der Waals surface area contributed by atoms with Crippen molar-refractivity contribution in [3.63, 3.8) is 0 Å². The minimum atomic E-state index is -4.16. The second kappa shape index (κ2) is 11.9. The minimum Gasteiger partial charge on any atom is -0.497 e. The molecule has 1 fully saturated rings. The first-order valence-electron chi connectivity index (χ1n) is 8.97. The van der Waals surface area contributed by atoms with E-state index >= 15 is 0 Å². The van der Waals surface area contributed by atoms with E-state index in [2.05, 4.69) is 15.6 Å². The normalized spacial score (nSPS) is 17.9. The summed E-state index contributed by atoms with van der Waals surface area (Å²) in [4.78, 5) is 5.93. The zero-order chi connectivity index (χ0) is 19.9. The fourth-order valence-corrected chi connectivity index (χ4v) is 3.27. The molecular formula is C18H27ClF3IN4O. The lowest BCUT2D eigenvalue weighted by molar-refractivity contribution is -0.143. The lowest BCUT2D eigenvalue weighted by atomic mass is 10.1. The Morgan fingerprint density at radius 1 is 1.39 bits per heavy atom. The minimum absolute atomic E-state index is 0. The molecule has 1 aliphatic heterocycles. The molecule has 10 heteroatoms. The van der Waals surface area contributed by atoms with Gasteiger partial charge in [0.2, 0.25) is 0 Å². The molecule has 2 N–H and O–H groups in total. The van der Waals surface area contributed by atoms with E-state index in [1.54, 1.807) is 13.2 Å². The summed E-state index contributed by atoms with van der Waals surface area (Å²) in [5.74, 6) is 1.31.